The molecule has 96 valence electrons. The Morgan fingerprint density at radius 2 is 2.47 bits per heavy atom. The van der Waals surface area contributed by atoms with Crippen LogP contribution in [0, 0.1) is 0 Å². The van der Waals surface area contributed by atoms with Crippen LogP contribution in [-0.4, -0.2) is 49.5 Å². The number of nitrogens with zero attached hydrogens (tertiary/aromatic N) is 2. The number of ether oxygens (including phenoxy) is 1. The Morgan fingerprint density at radius 3 is 3.12 bits per heavy atom. The zero-order valence-corrected chi connectivity index (χ0v) is 10.6. The van der Waals surface area contributed by atoms with Gasteiger partial charge in [-0.05, 0) is 6.42 Å². The topological polar surface area (TPSA) is 73.2 Å². The van der Waals surface area contributed by atoms with Gasteiger partial charge in [0.15, 0.2) is 9.84 Å². The molecular formula is C10H17N3O3S. The van der Waals surface area contributed by atoms with Gasteiger partial charge < -0.3 is 10.1 Å². The van der Waals surface area contributed by atoms with Gasteiger partial charge in [-0.1, -0.05) is 0 Å². The molecule has 2 heterocycles. The third-order valence-corrected chi connectivity index (χ3v) is 4.53. The lowest BCUT2D eigenvalue weighted by Gasteiger charge is -2.09. The van der Waals surface area contributed by atoms with Gasteiger partial charge in [0.2, 0.25) is 0 Å². The summed E-state index contributed by atoms with van der Waals surface area (Å²) in [7, 11) is -1.19. The maximum atomic E-state index is 11.3. The fourth-order valence-electron chi connectivity index (χ4n) is 1.89. The van der Waals surface area contributed by atoms with Crippen molar-refractivity contribution >= 4 is 15.5 Å². The molecule has 1 atom stereocenters. The van der Waals surface area contributed by atoms with Crippen molar-refractivity contribution in [3.8, 4) is 0 Å². The van der Waals surface area contributed by atoms with E-state index in [1.54, 1.807) is 18.0 Å². The van der Waals surface area contributed by atoms with Crippen LogP contribution in [0.25, 0.3) is 0 Å². The van der Waals surface area contributed by atoms with E-state index in [1.165, 1.54) is 0 Å². The molecule has 1 aromatic rings. The average molecular weight is 259 g/mol. The number of sulfone groups is 1. The van der Waals surface area contributed by atoms with Crippen LogP contribution in [0.1, 0.15) is 6.42 Å². The molecule has 1 fully saturated rings. The van der Waals surface area contributed by atoms with Crippen LogP contribution in [0.3, 0.4) is 0 Å². The summed E-state index contributed by atoms with van der Waals surface area (Å²) in [6.07, 6.45) is 4.25. The number of aromatic nitrogens is 2. The van der Waals surface area contributed by atoms with Gasteiger partial charge in [0.25, 0.3) is 0 Å². The lowest BCUT2D eigenvalue weighted by atomic mass is 10.2. The van der Waals surface area contributed by atoms with Crippen molar-refractivity contribution in [2.24, 2.45) is 0 Å². The lowest BCUT2D eigenvalue weighted by Crippen LogP contribution is -2.20. The van der Waals surface area contributed by atoms with Crippen molar-refractivity contribution in [3.05, 3.63) is 12.4 Å². The fourth-order valence-corrected chi connectivity index (χ4v) is 3.56. The highest BCUT2D eigenvalue weighted by molar-refractivity contribution is 7.91. The third-order valence-electron chi connectivity index (χ3n) is 2.76. The van der Waals surface area contributed by atoms with Gasteiger partial charge in [0, 0.05) is 19.3 Å². The second-order valence-corrected chi connectivity index (χ2v) is 6.46. The highest BCUT2D eigenvalue weighted by Crippen LogP contribution is 2.16. The van der Waals surface area contributed by atoms with Crippen LogP contribution in [-0.2, 0) is 21.1 Å². The molecule has 0 amide bonds. The maximum absolute atomic E-state index is 11.3. The Kier molecular flexibility index (Phi) is 3.68. The summed E-state index contributed by atoms with van der Waals surface area (Å²) in [6, 6.07) is 0.0140. The summed E-state index contributed by atoms with van der Waals surface area (Å²) < 4.78 is 29.3. The van der Waals surface area contributed by atoms with Crippen LogP contribution < -0.4 is 5.32 Å². The Morgan fingerprint density at radius 1 is 1.65 bits per heavy atom. The van der Waals surface area contributed by atoms with Gasteiger partial charge in [0.05, 0.1) is 36.5 Å². The molecular weight excluding hydrogens is 242 g/mol. The Labute approximate surface area is 101 Å². The molecule has 1 unspecified atom stereocenters. The zero-order valence-electron chi connectivity index (χ0n) is 9.80. The highest BCUT2D eigenvalue weighted by Gasteiger charge is 2.27. The quantitative estimate of drug-likeness (QED) is 0.813. The summed E-state index contributed by atoms with van der Waals surface area (Å²) in [5.41, 5.74) is 0.864. The number of anilines is 1. The van der Waals surface area contributed by atoms with Gasteiger partial charge >= 0.3 is 0 Å². The molecule has 6 nitrogen and oxygen atoms in total. The van der Waals surface area contributed by atoms with E-state index in [0.29, 0.717) is 19.6 Å². The molecule has 1 aliphatic heterocycles. The first-order valence-electron chi connectivity index (χ1n) is 5.57. The van der Waals surface area contributed by atoms with Crippen LogP contribution in [0.15, 0.2) is 12.4 Å². The third kappa shape index (κ3) is 3.44. The van der Waals surface area contributed by atoms with Crippen molar-refractivity contribution in [1.82, 2.24) is 9.78 Å². The summed E-state index contributed by atoms with van der Waals surface area (Å²) >= 11 is 0. The van der Waals surface area contributed by atoms with E-state index in [9.17, 15) is 8.42 Å². The van der Waals surface area contributed by atoms with Crippen molar-refractivity contribution in [3.63, 3.8) is 0 Å². The summed E-state index contributed by atoms with van der Waals surface area (Å²) in [4.78, 5) is 0. The number of hydrogen-bond donors (Lipinski definition) is 1. The summed E-state index contributed by atoms with van der Waals surface area (Å²) in [5.74, 6) is 0.499. The van der Waals surface area contributed by atoms with Crippen LogP contribution in [0.5, 0.6) is 0 Å². The Hall–Kier alpha value is -1.08. The van der Waals surface area contributed by atoms with E-state index in [1.807, 2.05) is 6.20 Å². The summed E-state index contributed by atoms with van der Waals surface area (Å²) in [5, 5.41) is 7.35. The van der Waals surface area contributed by atoms with E-state index in [4.69, 9.17) is 4.74 Å². The second-order valence-electron chi connectivity index (χ2n) is 4.23. The van der Waals surface area contributed by atoms with Gasteiger partial charge in [-0.2, -0.15) is 5.10 Å². The highest BCUT2D eigenvalue weighted by atomic mass is 32.2. The first-order valence-corrected chi connectivity index (χ1v) is 7.39. The average Bonchev–Trinajstić information content (AvgIpc) is 2.83. The first kappa shape index (κ1) is 12.4. The van der Waals surface area contributed by atoms with Crippen molar-refractivity contribution in [1.29, 1.82) is 0 Å². The van der Waals surface area contributed by atoms with Crippen LogP contribution in [0.2, 0.25) is 0 Å². The smallest absolute Gasteiger partial charge is 0.152 e. The minimum absolute atomic E-state index is 0.0140. The molecule has 0 aliphatic carbocycles. The van der Waals surface area contributed by atoms with Gasteiger partial charge in [0.1, 0.15) is 0 Å². The molecule has 0 spiro atoms. The van der Waals surface area contributed by atoms with Crippen molar-refractivity contribution in [2.75, 3.05) is 30.5 Å². The minimum atomic E-state index is -2.83. The fraction of sp³-hybridized carbons (Fsp3) is 0.700. The zero-order chi connectivity index (χ0) is 12.3. The normalized spacial score (nSPS) is 22.8. The molecule has 0 aromatic carbocycles. The molecule has 17 heavy (non-hydrogen) atoms. The van der Waals surface area contributed by atoms with Crippen LogP contribution >= 0.6 is 0 Å². The number of methoxy groups -OCH3 is 1. The molecule has 0 bridgehead atoms. The van der Waals surface area contributed by atoms with Gasteiger partial charge in [-0.25, -0.2) is 8.42 Å². The molecule has 7 heteroatoms. The van der Waals surface area contributed by atoms with Crippen LogP contribution in [0.4, 0.5) is 5.69 Å². The maximum Gasteiger partial charge on any atom is 0.152 e. The Bertz CT molecular complexity index is 469. The SMILES string of the molecule is COCCn1cc(NC2CCS(=O)(=O)C2)cn1. The lowest BCUT2D eigenvalue weighted by molar-refractivity contribution is 0.183. The van der Waals surface area contributed by atoms with E-state index in [2.05, 4.69) is 10.4 Å². The van der Waals surface area contributed by atoms with E-state index in [-0.39, 0.29) is 17.5 Å². The standard InChI is InChI=1S/C10H17N3O3S/c1-16-4-3-13-7-10(6-11-13)12-9-2-5-17(14,15)8-9/h6-7,9,12H,2-5,8H2,1H3. The van der Waals surface area contributed by atoms with Crippen molar-refractivity contribution in [2.45, 2.75) is 19.0 Å². The van der Waals surface area contributed by atoms with Crippen molar-refractivity contribution < 1.29 is 13.2 Å². The van der Waals surface area contributed by atoms with Gasteiger partial charge in [-0.15, -0.1) is 0 Å². The predicted molar refractivity (Wildman–Crippen MR) is 64.8 cm³/mol. The predicted octanol–water partition coefficient (Wildman–Crippen LogP) is 0.129. The second kappa shape index (κ2) is 5.05. The minimum Gasteiger partial charge on any atom is -0.383 e. The monoisotopic (exact) mass is 259 g/mol. The molecule has 2 rings (SSSR count). The largest absolute Gasteiger partial charge is 0.383 e. The van der Waals surface area contributed by atoms with E-state index in [0.717, 1.165) is 5.69 Å². The Balaban J connectivity index is 1.89. The van der Waals surface area contributed by atoms with E-state index >= 15 is 0 Å². The molecule has 1 aliphatic rings. The number of hydrogen-bond acceptors (Lipinski definition) is 5. The molecule has 0 radical (unpaired) electrons. The first-order chi connectivity index (χ1) is 8.09. The van der Waals surface area contributed by atoms with Gasteiger partial charge in [-0.3, -0.25) is 4.68 Å². The molecule has 1 aromatic heterocycles. The summed E-state index contributed by atoms with van der Waals surface area (Å²) in [6.45, 7) is 1.31. The molecule has 0 saturated carbocycles. The van der Waals surface area contributed by atoms with E-state index < -0.39 is 9.84 Å². The number of nitrogens with one attached hydrogen (secondary N) is 1. The number of rotatable bonds is 5. The molecule has 1 saturated heterocycles. The molecule has 1 N–H and O–H groups in total.